The first-order valence-electron chi connectivity index (χ1n) is 4.96. The molecule has 0 amide bonds. The molecule has 0 aliphatic carbocycles. The number of unbranched alkanes of at least 4 members (excludes halogenated alkanes) is 4. The van der Waals surface area contributed by atoms with Crippen LogP contribution in [0.4, 0.5) is 0 Å². The van der Waals surface area contributed by atoms with Crippen LogP contribution in [0.1, 0.15) is 44.9 Å². The summed E-state index contributed by atoms with van der Waals surface area (Å²) in [4.78, 5) is 13.3. The molecule has 74 valence electrons. The van der Waals surface area contributed by atoms with Gasteiger partial charge in [-0.15, -0.1) is 0 Å². The largest absolute Gasteiger partial charge is 0.340 e. The summed E-state index contributed by atoms with van der Waals surface area (Å²) >= 11 is 0. The highest BCUT2D eigenvalue weighted by atomic mass is 16.1. The van der Waals surface area contributed by atoms with Gasteiger partial charge >= 0.3 is 5.69 Å². The number of H-pyrrole nitrogens is 2. The highest BCUT2D eigenvalue weighted by Crippen LogP contribution is 2.04. The van der Waals surface area contributed by atoms with E-state index in [9.17, 15) is 4.79 Å². The third-order valence-corrected chi connectivity index (χ3v) is 2.07. The Hall–Kier alpha value is -1.06. The van der Waals surface area contributed by atoms with Gasteiger partial charge in [-0.1, -0.05) is 32.6 Å². The first-order chi connectivity index (χ1) is 6.33. The van der Waals surface area contributed by atoms with E-state index < -0.39 is 0 Å². The Balaban J connectivity index is 2.09. The number of aryl methyl sites for hydroxylation is 1. The fraction of sp³-hybridized carbons (Fsp3) is 0.778. The molecule has 4 heteroatoms. The zero-order valence-electron chi connectivity index (χ0n) is 8.10. The Morgan fingerprint density at radius 1 is 1.23 bits per heavy atom. The van der Waals surface area contributed by atoms with Gasteiger partial charge in [0.1, 0.15) is 5.82 Å². The fourth-order valence-corrected chi connectivity index (χ4v) is 1.32. The van der Waals surface area contributed by atoms with Crippen LogP contribution in [0.5, 0.6) is 0 Å². The van der Waals surface area contributed by atoms with E-state index in [1.54, 1.807) is 0 Å². The van der Waals surface area contributed by atoms with Gasteiger partial charge in [-0.05, 0) is 6.42 Å². The molecule has 1 rings (SSSR count). The van der Waals surface area contributed by atoms with Crippen molar-refractivity contribution in [3.05, 3.63) is 16.3 Å². The lowest BCUT2D eigenvalue weighted by molar-refractivity contribution is 0.623. The number of nitrogens with zero attached hydrogens (tertiary/aromatic N) is 1. The van der Waals surface area contributed by atoms with Gasteiger partial charge in [0, 0.05) is 6.42 Å². The van der Waals surface area contributed by atoms with E-state index in [0.29, 0.717) is 0 Å². The minimum absolute atomic E-state index is 0.205. The second kappa shape index (κ2) is 5.56. The maximum Gasteiger partial charge on any atom is 0.340 e. The quantitative estimate of drug-likeness (QED) is 0.658. The van der Waals surface area contributed by atoms with E-state index in [4.69, 9.17) is 0 Å². The van der Waals surface area contributed by atoms with Crippen LogP contribution in [0, 0.1) is 0 Å². The van der Waals surface area contributed by atoms with Gasteiger partial charge in [0.05, 0.1) is 0 Å². The van der Waals surface area contributed by atoms with Crippen molar-refractivity contribution in [2.45, 2.75) is 45.4 Å². The van der Waals surface area contributed by atoms with Crippen molar-refractivity contribution in [1.82, 2.24) is 15.2 Å². The number of hydrogen-bond acceptors (Lipinski definition) is 2. The van der Waals surface area contributed by atoms with Crippen LogP contribution in [-0.4, -0.2) is 15.2 Å². The normalized spacial score (nSPS) is 10.5. The van der Waals surface area contributed by atoms with Crippen molar-refractivity contribution in [2.75, 3.05) is 0 Å². The maximum absolute atomic E-state index is 10.7. The monoisotopic (exact) mass is 183 g/mol. The lowest BCUT2D eigenvalue weighted by Gasteiger charge is -1.96. The van der Waals surface area contributed by atoms with Crippen molar-refractivity contribution in [3.63, 3.8) is 0 Å². The molecule has 0 aliphatic heterocycles. The topological polar surface area (TPSA) is 61.5 Å². The molecule has 2 N–H and O–H groups in total. The average molecular weight is 183 g/mol. The molecule has 0 radical (unpaired) electrons. The fourth-order valence-electron chi connectivity index (χ4n) is 1.32. The van der Waals surface area contributed by atoms with E-state index in [2.05, 4.69) is 22.1 Å². The van der Waals surface area contributed by atoms with Gasteiger partial charge in [0.15, 0.2) is 0 Å². The molecule has 0 saturated carbocycles. The van der Waals surface area contributed by atoms with Crippen LogP contribution in [-0.2, 0) is 6.42 Å². The summed E-state index contributed by atoms with van der Waals surface area (Å²) in [6.07, 6.45) is 7.06. The molecule has 0 aliphatic rings. The minimum Gasteiger partial charge on any atom is -0.293 e. The van der Waals surface area contributed by atoms with Crippen molar-refractivity contribution in [2.24, 2.45) is 0 Å². The van der Waals surface area contributed by atoms with Gasteiger partial charge in [0.25, 0.3) is 0 Å². The van der Waals surface area contributed by atoms with Gasteiger partial charge in [0.2, 0.25) is 0 Å². The third-order valence-electron chi connectivity index (χ3n) is 2.07. The molecule has 1 aromatic rings. The van der Waals surface area contributed by atoms with Crippen LogP contribution >= 0.6 is 0 Å². The molecule has 1 heterocycles. The molecule has 0 aromatic carbocycles. The number of hydrogen-bond donors (Lipinski definition) is 2. The van der Waals surface area contributed by atoms with E-state index in [1.165, 1.54) is 25.7 Å². The average Bonchev–Trinajstić information content (AvgIpc) is 2.51. The SMILES string of the molecule is CCCCCCCc1n[nH]c(=O)[nH]1. The number of nitrogens with one attached hydrogen (secondary N) is 2. The zero-order valence-corrected chi connectivity index (χ0v) is 8.10. The number of rotatable bonds is 6. The van der Waals surface area contributed by atoms with Crippen molar-refractivity contribution < 1.29 is 0 Å². The molecule has 4 nitrogen and oxygen atoms in total. The smallest absolute Gasteiger partial charge is 0.293 e. The standard InChI is InChI=1S/C9H17N3O/c1-2-3-4-5-6-7-8-10-9(13)12-11-8/h2-7H2,1H3,(H2,10,11,12,13). The summed E-state index contributed by atoms with van der Waals surface area (Å²) in [5.74, 6) is 0.779. The lowest BCUT2D eigenvalue weighted by Crippen LogP contribution is -2.01. The summed E-state index contributed by atoms with van der Waals surface area (Å²) in [5, 5.41) is 6.20. The molecule has 0 bridgehead atoms. The maximum atomic E-state index is 10.7. The van der Waals surface area contributed by atoms with Crippen LogP contribution in [0.25, 0.3) is 0 Å². The zero-order chi connectivity index (χ0) is 9.52. The molecule has 13 heavy (non-hydrogen) atoms. The van der Waals surface area contributed by atoms with Gasteiger partial charge in [-0.25, -0.2) is 9.89 Å². The van der Waals surface area contributed by atoms with Gasteiger partial charge in [-0.3, -0.25) is 4.98 Å². The molecule has 0 unspecified atom stereocenters. The molecule has 0 spiro atoms. The number of aromatic nitrogens is 3. The molecule has 1 aromatic heterocycles. The summed E-state index contributed by atoms with van der Waals surface area (Å²) in [7, 11) is 0. The summed E-state index contributed by atoms with van der Waals surface area (Å²) < 4.78 is 0. The molecule has 0 atom stereocenters. The highest BCUT2D eigenvalue weighted by Gasteiger charge is 1.96. The Bertz CT molecular complexity index is 276. The first kappa shape index (κ1) is 10.0. The highest BCUT2D eigenvalue weighted by molar-refractivity contribution is 4.79. The van der Waals surface area contributed by atoms with Gasteiger partial charge in [-0.2, -0.15) is 5.10 Å². The predicted octanol–water partition coefficient (Wildman–Crippen LogP) is 1.61. The van der Waals surface area contributed by atoms with E-state index in [1.807, 2.05) is 0 Å². The van der Waals surface area contributed by atoms with Crippen molar-refractivity contribution >= 4 is 0 Å². The first-order valence-corrected chi connectivity index (χ1v) is 4.96. The molecular formula is C9H17N3O. The Morgan fingerprint density at radius 2 is 2.00 bits per heavy atom. The van der Waals surface area contributed by atoms with E-state index in [-0.39, 0.29) is 5.69 Å². The molecule has 0 fully saturated rings. The van der Waals surface area contributed by atoms with Crippen molar-refractivity contribution in [3.8, 4) is 0 Å². The Morgan fingerprint density at radius 3 is 2.62 bits per heavy atom. The lowest BCUT2D eigenvalue weighted by atomic mass is 10.1. The summed E-state index contributed by atoms with van der Waals surface area (Å²) in [6.45, 7) is 2.20. The second-order valence-electron chi connectivity index (χ2n) is 3.29. The van der Waals surface area contributed by atoms with Gasteiger partial charge < -0.3 is 0 Å². The number of aromatic amines is 2. The third kappa shape index (κ3) is 3.92. The molecule has 0 saturated heterocycles. The summed E-state index contributed by atoms with van der Waals surface area (Å²) in [6, 6.07) is 0. The Labute approximate surface area is 77.8 Å². The Kier molecular flexibility index (Phi) is 4.29. The van der Waals surface area contributed by atoms with E-state index in [0.717, 1.165) is 18.7 Å². The minimum atomic E-state index is -0.205. The van der Waals surface area contributed by atoms with Crippen LogP contribution in [0.3, 0.4) is 0 Å². The predicted molar refractivity (Wildman–Crippen MR) is 51.7 cm³/mol. The van der Waals surface area contributed by atoms with E-state index >= 15 is 0 Å². The van der Waals surface area contributed by atoms with Crippen molar-refractivity contribution in [1.29, 1.82) is 0 Å². The molecular weight excluding hydrogens is 166 g/mol. The van der Waals surface area contributed by atoms with Crippen LogP contribution in [0.15, 0.2) is 4.79 Å². The van der Waals surface area contributed by atoms with Crippen LogP contribution in [0.2, 0.25) is 0 Å². The van der Waals surface area contributed by atoms with Crippen LogP contribution < -0.4 is 5.69 Å². The second-order valence-corrected chi connectivity index (χ2v) is 3.29. The summed E-state index contributed by atoms with van der Waals surface area (Å²) in [5.41, 5.74) is -0.205.